The Morgan fingerprint density at radius 3 is 2.45 bits per heavy atom. The lowest BCUT2D eigenvalue weighted by Crippen LogP contribution is -2.51. The van der Waals surface area contributed by atoms with Gasteiger partial charge in [0.15, 0.2) is 0 Å². The van der Waals surface area contributed by atoms with Crippen LogP contribution in [0.25, 0.3) is 44.2 Å². The molecular formula is C39H45N7O3. The molecule has 4 N–H and O–H groups in total. The van der Waals surface area contributed by atoms with Crippen LogP contribution in [-0.4, -0.2) is 62.6 Å². The zero-order valence-electron chi connectivity index (χ0n) is 28.5. The number of nitrogens with zero attached hydrogens (tertiary/aromatic N) is 3. The number of hydrogen-bond acceptors (Lipinski definition) is 6. The molecule has 0 spiro atoms. The van der Waals surface area contributed by atoms with Crippen molar-refractivity contribution in [1.29, 1.82) is 0 Å². The number of imidazole rings is 2. The Hall–Kier alpha value is -4.70. The van der Waals surface area contributed by atoms with Crippen molar-refractivity contribution in [2.75, 3.05) is 13.7 Å². The SMILES string of the molecule is COC(=O)N[C@H](C(=O)N1CCC[C@H]1c1ncc(-c2ccc3cc(-c4ccc5nc([C@@H]6C[C@@H]7CCCC[C@@H]7N6)[nH]c5c4)ccc3c2)[nH]1)C(C)C. The lowest BCUT2D eigenvalue weighted by Gasteiger charge is -2.30. The van der Waals surface area contributed by atoms with E-state index in [1.807, 2.05) is 24.9 Å². The number of nitrogens with one attached hydrogen (secondary N) is 4. The molecule has 4 heterocycles. The van der Waals surface area contributed by atoms with Crippen molar-refractivity contribution in [3.8, 4) is 22.4 Å². The molecule has 2 saturated heterocycles. The third-order valence-corrected chi connectivity index (χ3v) is 11.0. The Balaban J connectivity index is 0.990. The minimum Gasteiger partial charge on any atom is -0.453 e. The maximum Gasteiger partial charge on any atom is 0.407 e. The van der Waals surface area contributed by atoms with E-state index in [1.54, 1.807) is 0 Å². The Morgan fingerprint density at radius 2 is 1.65 bits per heavy atom. The van der Waals surface area contributed by atoms with E-state index >= 15 is 0 Å². The van der Waals surface area contributed by atoms with Crippen molar-refractivity contribution in [2.24, 2.45) is 11.8 Å². The number of ether oxygens (including phenoxy) is 1. The van der Waals surface area contributed by atoms with Crippen LogP contribution in [-0.2, 0) is 9.53 Å². The van der Waals surface area contributed by atoms with Gasteiger partial charge in [0.05, 0.1) is 42.1 Å². The van der Waals surface area contributed by atoms with Gasteiger partial charge in [-0.25, -0.2) is 14.8 Å². The third kappa shape index (κ3) is 6.07. The lowest BCUT2D eigenvalue weighted by atomic mass is 9.85. The summed E-state index contributed by atoms with van der Waals surface area (Å²) in [5.41, 5.74) is 6.37. The third-order valence-electron chi connectivity index (χ3n) is 11.0. The summed E-state index contributed by atoms with van der Waals surface area (Å²) < 4.78 is 4.77. The number of benzene rings is 3. The molecule has 8 rings (SSSR count). The van der Waals surface area contributed by atoms with Crippen LogP contribution >= 0.6 is 0 Å². The topological polar surface area (TPSA) is 128 Å². The summed E-state index contributed by atoms with van der Waals surface area (Å²) in [6, 6.07) is 19.7. The number of carbonyl (C=O) groups is 2. The predicted molar refractivity (Wildman–Crippen MR) is 191 cm³/mol. The average molecular weight is 660 g/mol. The summed E-state index contributed by atoms with van der Waals surface area (Å²) in [5.74, 6) is 2.42. The van der Waals surface area contributed by atoms with Crippen LogP contribution in [0.5, 0.6) is 0 Å². The lowest BCUT2D eigenvalue weighted by molar-refractivity contribution is -0.135. The molecule has 0 unspecified atom stereocenters. The largest absolute Gasteiger partial charge is 0.453 e. The molecule has 5 atom stereocenters. The Morgan fingerprint density at radius 1 is 0.898 bits per heavy atom. The molecule has 10 nitrogen and oxygen atoms in total. The molecule has 1 saturated carbocycles. The van der Waals surface area contributed by atoms with Gasteiger partial charge in [-0.3, -0.25) is 4.79 Å². The highest BCUT2D eigenvalue weighted by molar-refractivity contribution is 5.92. The number of amides is 2. The van der Waals surface area contributed by atoms with Gasteiger partial charge in [-0.2, -0.15) is 0 Å². The molecule has 3 fully saturated rings. The highest BCUT2D eigenvalue weighted by Gasteiger charge is 2.38. The van der Waals surface area contributed by atoms with Crippen molar-refractivity contribution < 1.29 is 14.3 Å². The first-order valence-corrected chi connectivity index (χ1v) is 17.8. The van der Waals surface area contributed by atoms with Crippen molar-refractivity contribution in [3.05, 3.63) is 72.4 Å². The van der Waals surface area contributed by atoms with Gasteiger partial charge in [-0.05, 0) is 90.1 Å². The first-order chi connectivity index (χ1) is 23.8. The molecule has 3 aromatic carbocycles. The molecule has 0 radical (unpaired) electrons. The standard InChI is InChI=1S/C39H45N7O3/c1-22(2)35(45-39(48)49-3)38(47)46-16-6-9-34(46)37-40-21-33(44-37)28-13-12-23-17-24(10-11-25(23)18-28)26-14-15-30-31(19-26)43-36(42-30)32-20-27-7-4-5-8-29(27)41-32/h10-15,17-19,21-22,27,29,32,34-35,41H,4-9,16,20H2,1-3H3,(H,40,44)(H,42,43)(H,45,48)/t27-,29-,32-,34-,35-/m0/s1. The molecule has 0 bridgehead atoms. The van der Waals surface area contributed by atoms with Crippen LogP contribution in [0.15, 0.2) is 60.8 Å². The van der Waals surface area contributed by atoms with Crippen molar-refractivity contribution in [2.45, 2.75) is 83.0 Å². The quantitative estimate of drug-likeness (QED) is 0.144. The first kappa shape index (κ1) is 31.6. The number of methoxy groups -OCH3 is 1. The fourth-order valence-electron chi connectivity index (χ4n) is 8.34. The minimum atomic E-state index is -0.662. The smallest absolute Gasteiger partial charge is 0.407 e. The van der Waals surface area contributed by atoms with Gasteiger partial charge in [0.25, 0.3) is 0 Å². The molecule has 49 heavy (non-hydrogen) atoms. The maximum atomic E-state index is 13.5. The van der Waals surface area contributed by atoms with Gasteiger partial charge >= 0.3 is 6.09 Å². The van der Waals surface area contributed by atoms with E-state index in [0.717, 1.165) is 69.0 Å². The van der Waals surface area contributed by atoms with Crippen LogP contribution in [0, 0.1) is 11.8 Å². The summed E-state index contributed by atoms with van der Waals surface area (Å²) in [5, 5.41) is 8.87. The van der Waals surface area contributed by atoms with Gasteiger partial charge in [-0.15, -0.1) is 0 Å². The van der Waals surface area contributed by atoms with Gasteiger partial charge in [0, 0.05) is 18.2 Å². The highest BCUT2D eigenvalue weighted by atomic mass is 16.5. The molecule has 2 aromatic heterocycles. The van der Waals surface area contributed by atoms with E-state index in [1.165, 1.54) is 44.8 Å². The molecule has 5 aromatic rings. The molecule has 1 aliphatic carbocycles. The summed E-state index contributed by atoms with van der Waals surface area (Å²) in [6.07, 6.45) is 9.43. The van der Waals surface area contributed by atoms with E-state index in [4.69, 9.17) is 14.7 Å². The normalized spacial score (nSPS) is 22.9. The van der Waals surface area contributed by atoms with Crippen LogP contribution in [0.2, 0.25) is 0 Å². The van der Waals surface area contributed by atoms with Gasteiger partial charge in [0.1, 0.15) is 17.7 Å². The van der Waals surface area contributed by atoms with Crippen molar-refractivity contribution >= 4 is 33.8 Å². The minimum absolute atomic E-state index is 0.0806. The Bertz CT molecular complexity index is 2000. The number of alkyl carbamates (subject to hydrolysis) is 1. The number of H-pyrrole nitrogens is 2. The van der Waals surface area contributed by atoms with E-state index in [-0.39, 0.29) is 17.9 Å². The number of aromatic nitrogens is 4. The van der Waals surface area contributed by atoms with Crippen molar-refractivity contribution in [1.82, 2.24) is 35.5 Å². The molecule has 2 amide bonds. The Labute approximate surface area is 286 Å². The number of fused-ring (bicyclic) bond motifs is 3. The molecule has 2 aliphatic heterocycles. The number of hydrogen-bond donors (Lipinski definition) is 4. The van der Waals surface area contributed by atoms with Crippen LogP contribution in [0.3, 0.4) is 0 Å². The first-order valence-electron chi connectivity index (χ1n) is 17.8. The van der Waals surface area contributed by atoms with E-state index in [9.17, 15) is 9.59 Å². The van der Waals surface area contributed by atoms with Crippen molar-refractivity contribution in [3.63, 3.8) is 0 Å². The molecule has 10 heteroatoms. The zero-order chi connectivity index (χ0) is 33.6. The highest BCUT2D eigenvalue weighted by Crippen LogP contribution is 2.39. The van der Waals surface area contributed by atoms with E-state index in [2.05, 4.69) is 75.2 Å². The number of rotatable bonds is 7. The predicted octanol–water partition coefficient (Wildman–Crippen LogP) is 7.41. The summed E-state index contributed by atoms with van der Waals surface area (Å²) in [4.78, 5) is 44.2. The second kappa shape index (κ2) is 13.0. The summed E-state index contributed by atoms with van der Waals surface area (Å²) >= 11 is 0. The molecular weight excluding hydrogens is 614 g/mol. The molecule has 254 valence electrons. The number of carbonyl (C=O) groups excluding carboxylic acids is 2. The monoisotopic (exact) mass is 659 g/mol. The van der Waals surface area contributed by atoms with Gasteiger partial charge < -0.3 is 30.2 Å². The van der Waals surface area contributed by atoms with E-state index in [0.29, 0.717) is 18.6 Å². The number of likely N-dealkylation sites (tertiary alicyclic amines) is 1. The fourth-order valence-corrected chi connectivity index (χ4v) is 8.34. The van der Waals surface area contributed by atoms with E-state index < -0.39 is 12.1 Å². The van der Waals surface area contributed by atoms with Crippen LogP contribution in [0.1, 0.15) is 82.5 Å². The number of aromatic amines is 2. The van der Waals surface area contributed by atoms with Gasteiger partial charge in [-0.1, -0.05) is 57.0 Å². The summed E-state index contributed by atoms with van der Waals surface area (Å²) in [7, 11) is 1.31. The van der Waals surface area contributed by atoms with Crippen LogP contribution in [0.4, 0.5) is 4.79 Å². The van der Waals surface area contributed by atoms with Crippen LogP contribution < -0.4 is 10.6 Å². The molecule has 3 aliphatic rings. The second-order valence-corrected chi connectivity index (χ2v) is 14.5. The zero-order valence-corrected chi connectivity index (χ0v) is 28.5. The van der Waals surface area contributed by atoms with Gasteiger partial charge in [0.2, 0.25) is 5.91 Å². The maximum absolute atomic E-state index is 13.5. The second-order valence-electron chi connectivity index (χ2n) is 14.5. The Kier molecular flexibility index (Phi) is 8.35. The summed E-state index contributed by atoms with van der Waals surface area (Å²) in [6.45, 7) is 4.46. The average Bonchev–Trinajstić information content (AvgIpc) is 3.94. The fraction of sp³-hybridized carbons (Fsp3) is 0.436.